The van der Waals surface area contributed by atoms with Gasteiger partial charge in [0.05, 0.1) is 8.66 Å². The van der Waals surface area contributed by atoms with Crippen molar-refractivity contribution < 1.29 is 4.79 Å². The Bertz CT molecular complexity index is 638. The zero-order valence-electron chi connectivity index (χ0n) is 10.2. The van der Waals surface area contributed by atoms with Crippen LogP contribution in [0.5, 0.6) is 0 Å². The number of nitrogen functional groups attached to an aromatic ring is 1. The number of thiophene rings is 1. The van der Waals surface area contributed by atoms with E-state index in [-0.39, 0.29) is 5.91 Å². The Morgan fingerprint density at radius 3 is 2.89 bits per heavy atom. The highest BCUT2D eigenvalue weighted by atomic mass is 79.9. The molecule has 2 aromatic rings. The number of rotatable bonds is 1. The summed E-state index contributed by atoms with van der Waals surface area (Å²) < 4.78 is 0.973. The van der Waals surface area contributed by atoms with E-state index in [1.807, 2.05) is 35.2 Å². The zero-order chi connectivity index (χ0) is 13.4. The lowest BCUT2D eigenvalue weighted by atomic mass is 10.0. The lowest BCUT2D eigenvalue weighted by molar-refractivity contribution is 0.0989. The number of hydrogen-bond acceptors (Lipinski definition) is 3. The number of aryl methyl sites for hydroxylation is 1. The van der Waals surface area contributed by atoms with Gasteiger partial charge < -0.3 is 10.6 Å². The average Bonchev–Trinajstić information content (AvgIpc) is 2.84. The largest absolute Gasteiger partial charge is 0.399 e. The summed E-state index contributed by atoms with van der Waals surface area (Å²) in [6.45, 7) is 0.755. The lowest BCUT2D eigenvalue weighted by Gasteiger charge is -2.29. The highest BCUT2D eigenvalue weighted by molar-refractivity contribution is 9.11. The van der Waals surface area contributed by atoms with Crippen LogP contribution < -0.4 is 10.6 Å². The summed E-state index contributed by atoms with van der Waals surface area (Å²) >= 11 is 4.86. The monoisotopic (exact) mass is 336 g/mol. The number of carbonyl (C=O) groups is 1. The standard InChI is InChI=1S/C14H13BrN2OS/c15-13-6-5-12(19-13)14(18)17-7-1-2-9-3-4-10(16)8-11(9)17/h3-6,8H,1-2,7,16H2. The van der Waals surface area contributed by atoms with Crippen LogP contribution in [-0.2, 0) is 6.42 Å². The van der Waals surface area contributed by atoms with E-state index in [1.165, 1.54) is 16.9 Å². The molecule has 0 spiro atoms. The third kappa shape index (κ3) is 2.40. The number of amides is 1. The van der Waals surface area contributed by atoms with E-state index in [9.17, 15) is 4.79 Å². The average molecular weight is 337 g/mol. The van der Waals surface area contributed by atoms with Gasteiger partial charge in [-0.1, -0.05) is 6.07 Å². The number of fused-ring (bicyclic) bond motifs is 1. The van der Waals surface area contributed by atoms with Crippen molar-refractivity contribution in [3.05, 3.63) is 44.6 Å². The van der Waals surface area contributed by atoms with E-state index in [2.05, 4.69) is 15.9 Å². The van der Waals surface area contributed by atoms with Gasteiger partial charge in [-0.05, 0) is 58.6 Å². The molecule has 1 amide bonds. The van der Waals surface area contributed by atoms with Gasteiger partial charge in [0.1, 0.15) is 0 Å². The fraction of sp³-hybridized carbons (Fsp3) is 0.214. The van der Waals surface area contributed by atoms with Gasteiger partial charge in [-0.2, -0.15) is 0 Å². The molecular weight excluding hydrogens is 324 g/mol. The molecular formula is C14H13BrN2OS. The second-order valence-corrected chi connectivity index (χ2v) is 7.02. The molecule has 1 aliphatic heterocycles. The molecule has 0 fully saturated rings. The number of anilines is 2. The van der Waals surface area contributed by atoms with Crippen molar-refractivity contribution in [2.24, 2.45) is 0 Å². The van der Waals surface area contributed by atoms with Gasteiger partial charge in [0, 0.05) is 17.9 Å². The maximum atomic E-state index is 12.6. The molecule has 0 aliphatic carbocycles. The van der Waals surface area contributed by atoms with Gasteiger partial charge in [0.15, 0.2) is 0 Å². The molecule has 0 radical (unpaired) electrons. The summed E-state index contributed by atoms with van der Waals surface area (Å²) in [6.07, 6.45) is 2.00. The van der Waals surface area contributed by atoms with E-state index in [4.69, 9.17) is 5.73 Å². The van der Waals surface area contributed by atoms with Gasteiger partial charge in [0.25, 0.3) is 5.91 Å². The molecule has 5 heteroatoms. The molecule has 2 heterocycles. The summed E-state index contributed by atoms with van der Waals surface area (Å²) in [5.74, 6) is 0.0576. The first-order valence-electron chi connectivity index (χ1n) is 6.11. The number of halogens is 1. The summed E-state index contributed by atoms with van der Waals surface area (Å²) in [5.41, 5.74) is 8.70. The summed E-state index contributed by atoms with van der Waals surface area (Å²) in [4.78, 5) is 15.2. The van der Waals surface area contributed by atoms with Gasteiger partial charge in [0.2, 0.25) is 0 Å². The van der Waals surface area contributed by atoms with Gasteiger partial charge in [-0.25, -0.2) is 0 Å². The molecule has 1 aliphatic rings. The third-order valence-corrected chi connectivity index (χ3v) is 4.87. The number of carbonyl (C=O) groups excluding carboxylic acids is 1. The minimum Gasteiger partial charge on any atom is -0.399 e. The summed E-state index contributed by atoms with van der Waals surface area (Å²) in [6, 6.07) is 9.58. The molecule has 0 bridgehead atoms. The van der Waals surface area contributed by atoms with E-state index in [1.54, 1.807) is 0 Å². The fourth-order valence-electron chi connectivity index (χ4n) is 2.36. The smallest absolute Gasteiger partial charge is 0.268 e. The van der Waals surface area contributed by atoms with E-state index in [0.717, 1.165) is 33.7 Å². The van der Waals surface area contributed by atoms with Crippen molar-refractivity contribution in [1.82, 2.24) is 0 Å². The van der Waals surface area contributed by atoms with Crippen molar-refractivity contribution >= 4 is 44.5 Å². The number of nitrogens with zero attached hydrogens (tertiary/aromatic N) is 1. The van der Waals surface area contributed by atoms with E-state index >= 15 is 0 Å². The first-order chi connectivity index (χ1) is 9.15. The Morgan fingerprint density at radius 2 is 2.16 bits per heavy atom. The van der Waals surface area contributed by atoms with E-state index < -0.39 is 0 Å². The molecule has 0 saturated heterocycles. The van der Waals surface area contributed by atoms with Crippen LogP contribution in [0.25, 0.3) is 0 Å². The fourth-order valence-corrected chi connectivity index (χ4v) is 3.70. The topological polar surface area (TPSA) is 46.3 Å². The molecule has 0 atom stereocenters. The molecule has 0 unspecified atom stereocenters. The lowest BCUT2D eigenvalue weighted by Crippen LogP contribution is -2.35. The van der Waals surface area contributed by atoms with Gasteiger partial charge in [-0.3, -0.25) is 4.79 Å². The first-order valence-corrected chi connectivity index (χ1v) is 7.72. The van der Waals surface area contributed by atoms with Gasteiger partial charge in [-0.15, -0.1) is 11.3 Å². The molecule has 19 heavy (non-hydrogen) atoms. The van der Waals surface area contributed by atoms with Crippen LogP contribution in [0.2, 0.25) is 0 Å². The highest BCUT2D eigenvalue weighted by Crippen LogP contribution is 2.32. The Labute approximate surface area is 124 Å². The van der Waals surface area contributed by atoms with Crippen molar-refractivity contribution in [2.45, 2.75) is 12.8 Å². The van der Waals surface area contributed by atoms with Gasteiger partial charge >= 0.3 is 0 Å². The predicted octanol–water partition coefficient (Wildman–Crippen LogP) is 3.69. The Morgan fingerprint density at radius 1 is 1.32 bits per heavy atom. The van der Waals surface area contributed by atoms with Crippen LogP contribution in [0.4, 0.5) is 11.4 Å². The van der Waals surface area contributed by atoms with Crippen molar-refractivity contribution in [3.8, 4) is 0 Å². The maximum Gasteiger partial charge on any atom is 0.268 e. The van der Waals surface area contributed by atoms with Crippen molar-refractivity contribution in [3.63, 3.8) is 0 Å². The second kappa shape index (κ2) is 4.98. The number of benzene rings is 1. The number of nitrogens with two attached hydrogens (primary N) is 1. The maximum absolute atomic E-state index is 12.6. The van der Waals surface area contributed by atoms with Crippen LogP contribution in [-0.4, -0.2) is 12.5 Å². The van der Waals surface area contributed by atoms with Crippen LogP contribution >= 0.6 is 27.3 Å². The Hall–Kier alpha value is -1.33. The van der Waals surface area contributed by atoms with Crippen molar-refractivity contribution in [2.75, 3.05) is 17.2 Å². The minimum atomic E-state index is 0.0576. The third-order valence-electron chi connectivity index (χ3n) is 3.26. The molecule has 3 rings (SSSR count). The predicted molar refractivity (Wildman–Crippen MR) is 82.9 cm³/mol. The van der Waals surface area contributed by atoms with E-state index in [0.29, 0.717) is 5.69 Å². The normalized spacial score (nSPS) is 14.3. The molecule has 1 aromatic heterocycles. The molecule has 1 aromatic carbocycles. The SMILES string of the molecule is Nc1ccc2c(c1)N(C(=O)c1ccc(Br)s1)CCC2. The summed E-state index contributed by atoms with van der Waals surface area (Å²) in [5, 5.41) is 0. The van der Waals surface area contributed by atoms with Crippen LogP contribution in [0, 0.1) is 0 Å². The molecule has 98 valence electrons. The first kappa shape index (κ1) is 12.7. The van der Waals surface area contributed by atoms with Crippen LogP contribution in [0.15, 0.2) is 34.1 Å². The zero-order valence-corrected chi connectivity index (χ0v) is 12.6. The molecule has 0 saturated carbocycles. The van der Waals surface area contributed by atoms with Crippen molar-refractivity contribution in [1.29, 1.82) is 0 Å². The summed E-state index contributed by atoms with van der Waals surface area (Å²) in [7, 11) is 0. The number of hydrogen-bond donors (Lipinski definition) is 1. The Balaban J connectivity index is 1.99. The van der Waals surface area contributed by atoms with Crippen LogP contribution in [0.1, 0.15) is 21.7 Å². The quantitative estimate of drug-likeness (QED) is 0.807. The Kier molecular flexibility index (Phi) is 3.33. The minimum absolute atomic E-state index is 0.0576. The second-order valence-electron chi connectivity index (χ2n) is 4.55. The highest BCUT2D eigenvalue weighted by Gasteiger charge is 2.24. The molecule has 2 N–H and O–H groups in total. The van der Waals surface area contributed by atoms with Crippen LogP contribution in [0.3, 0.4) is 0 Å². The molecule has 3 nitrogen and oxygen atoms in total.